The molecule has 28 atom stereocenters. The van der Waals surface area contributed by atoms with Crippen LogP contribution in [0.2, 0.25) is 0 Å². The molecule has 0 spiro atoms. The minimum Gasteiger partial charge on any atom is -0.383 e. The molecule has 0 radical (unpaired) electrons. The molecule has 0 amide bonds. The maximum absolute atomic E-state index is 16.0. The fourth-order valence-corrected chi connectivity index (χ4v) is 24.9. The van der Waals surface area contributed by atoms with Gasteiger partial charge in [-0.05, 0) is 77.2 Å². The molecule has 20 N–H and O–H groups in total. The van der Waals surface area contributed by atoms with Crippen LogP contribution in [-0.2, 0) is 146 Å². The number of halogens is 4. The van der Waals surface area contributed by atoms with Crippen LogP contribution in [0.15, 0.2) is 89.1 Å². The number of nitrogens with two attached hydrogens (primary N) is 6. The second-order valence-electron chi connectivity index (χ2n) is 30.4. The molecule has 54 nitrogen and oxygen atoms in total. The van der Waals surface area contributed by atoms with Gasteiger partial charge in [-0.25, -0.2) is 67.0 Å². The normalized spacial score (nSPS) is 36.9. The van der Waals surface area contributed by atoms with E-state index in [9.17, 15) is 43.4 Å². The Morgan fingerprint density at radius 2 is 0.669 bits per heavy atom. The zero-order valence-electron chi connectivity index (χ0n) is 66.7. The second-order valence-corrected chi connectivity index (χ2v) is 47.3. The van der Waals surface area contributed by atoms with Gasteiger partial charge in [0.2, 0.25) is 17.8 Å². The number of hydrogen-bond acceptors (Lipinski definition) is 45. The number of rotatable bonds is 6. The Kier molecular flexibility index (Phi) is 25.7. The predicted octanol–water partition coefficient (Wildman–Crippen LogP) is 2.28. The molecule has 9 aliphatic heterocycles. The molecule has 9 fully saturated rings. The first-order valence-corrected chi connectivity index (χ1v) is 54.6. The number of H-pyrrole nitrogens is 3. The van der Waals surface area contributed by atoms with Gasteiger partial charge in [0.05, 0.1) is 87.0 Å². The maximum Gasteiger partial charge on any atom is 0.386 e. The predicted molar refractivity (Wildman–Crippen MR) is 470 cm³/mol. The summed E-state index contributed by atoms with van der Waals surface area (Å²) >= 11 is 30.2. The summed E-state index contributed by atoms with van der Waals surface area (Å²) < 4.78 is 188. The summed E-state index contributed by atoms with van der Waals surface area (Å²) in [6, 6.07) is 4.76. The van der Waals surface area contributed by atoms with Crippen molar-refractivity contribution in [2.75, 3.05) is 74.0 Å². The van der Waals surface area contributed by atoms with Gasteiger partial charge in [-0.1, -0.05) is 12.2 Å². The monoisotopic (exact) mass is 2090 g/mol. The third kappa shape index (κ3) is 18.8. The topological polar surface area (TPSA) is 723 Å². The van der Waals surface area contributed by atoms with Crippen molar-refractivity contribution in [3.8, 4) is 0 Å². The van der Waals surface area contributed by atoms with Gasteiger partial charge in [-0.2, -0.15) is 15.0 Å². The van der Waals surface area contributed by atoms with E-state index in [1.165, 1.54) is 73.1 Å². The van der Waals surface area contributed by atoms with E-state index in [1.807, 2.05) is 0 Å². The van der Waals surface area contributed by atoms with E-state index in [1.54, 1.807) is 18.2 Å². The Morgan fingerprint density at radius 1 is 0.361 bits per heavy atom. The molecule has 0 saturated carbocycles. The van der Waals surface area contributed by atoms with Gasteiger partial charge in [0, 0.05) is 31.4 Å². The lowest BCUT2D eigenvalue weighted by Crippen LogP contribution is -2.34. The zero-order valence-corrected chi connectivity index (χ0v) is 77.0. The fraction of sp³-hybridized carbons (Fsp3) is 0.476. The van der Waals surface area contributed by atoms with Crippen molar-refractivity contribution in [1.29, 1.82) is 0 Å². The summed E-state index contributed by atoms with van der Waals surface area (Å²) in [6.45, 7) is -28.1. The summed E-state index contributed by atoms with van der Waals surface area (Å²) in [5.74, 6) is -0.0510. The van der Waals surface area contributed by atoms with Gasteiger partial charge in [-0.15, -0.1) is 0 Å². The lowest BCUT2D eigenvalue weighted by Gasteiger charge is -2.27. The summed E-state index contributed by atoms with van der Waals surface area (Å²) in [5.41, 5.74) is 33.8. The molecule has 70 heteroatoms. The van der Waals surface area contributed by atoms with E-state index in [-0.39, 0.29) is 106 Å². The third-order valence-corrected chi connectivity index (χ3v) is 31.5. The minimum atomic E-state index is -4.34. The van der Waals surface area contributed by atoms with Crippen LogP contribution in [0.3, 0.4) is 0 Å². The van der Waals surface area contributed by atoms with Crippen molar-refractivity contribution >= 4 is 214 Å². The van der Waals surface area contributed by atoms with Gasteiger partial charge in [0.25, 0.3) is 16.7 Å². The molecule has 12 aromatic rings. The molecular weight excluding hydrogens is 2020 g/mol. The van der Waals surface area contributed by atoms with E-state index in [0.29, 0.717) is 21.8 Å². The van der Waals surface area contributed by atoms with E-state index in [4.69, 9.17) is 176 Å². The smallest absolute Gasteiger partial charge is 0.383 e. The number of ether oxygens (including phenoxy) is 6. The highest BCUT2D eigenvalue weighted by molar-refractivity contribution is 8.44. The van der Waals surface area contributed by atoms with Crippen LogP contribution in [-0.4, -0.2) is 264 Å². The first kappa shape index (κ1) is 94.3. The third-order valence-electron chi connectivity index (χ3n) is 22.0. The Morgan fingerprint density at radius 3 is 1.04 bits per heavy atom. The van der Waals surface area contributed by atoms with Crippen LogP contribution in [0.4, 0.5) is 52.9 Å². The maximum atomic E-state index is 16.0. The number of anilines is 6. The molecule has 0 aromatic carbocycles. The summed E-state index contributed by atoms with van der Waals surface area (Å²) in [6.07, 6.45) is -18.7. The quantitative estimate of drug-likeness (QED) is 0.0645. The van der Waals surface area contributed by atoms with E-state index < -0.39 is 219 Å². The van der Waals surface area contributed by atoms with Crippen molar-refractivity contribution < 1.29 is 129 Å². The largest absolute Gasteiger partial charge is 0.386 e. The summed E-state index contributed by atoms with van der Waals surface area (Å²) in [5, 5.41) is 1.36. The number of aromatic nitrogens is 21. The van der Waals surface area contributed by atoms with Crippen LogP contribution in [0, 0.1) is 0 Å². The highest BCUT2D eigenvalue weighted by atomic mass is 32.7. The molecule has 133 heavy (non-hydrogen) atoms. The molecule has 714 valence electrons. The number of aromatic amines is 3. The highest BCUT2D eigenvalue weighted by Crippen LogP contribution is 2.61. The summed E-state index contributed by atoms with van der Waals surface area (Å²) in [4.78, 5) is 148. The van der Waals surface area contributed by atoms with Gasteiger partial charge in [-0.3, -0.25) is 70.2 Å². The number of nitrogens with zero attached hydrogens (tertiary/aromatic N) is 18. The minimum absolute atomic E-state index is 0.0148. The van der Waals surface area contributed by atoms with E-state index in [2.05, 4.69) is 87.0 Å². The average molecular weight is 2090 g/mol. The second kappa shape index (κ2) is 36.3. The first-order valence-electron chi connectivity index (χ1n) is 38.9. The molecule has 21 rings (SSSR count). The van der Waals surface area contributed by atoms with Gasteiger partial charge < -0.3 is 128 Å². The Labute approximate surface area is 768 Å². The van der Waals surface area contributed by atoms with Crippen molar-refractivity contribution in [3.63, 3.8) is 0 Å². The molecule has 12 aromatic heterocycles. The van der Waals surface area contributed by atoms with Crippen molar-refractivity contribution in [2.45, 2.75) is 148 Å². The zero-order chi connectivity index (χ0) is 93.8. The number of nitrogen functional groups attached to an aromatic ring is 6. The van der Waals surface area contributed by atoms with Gasteiger partial charge >= 0.3 is 40.4 Å². The number of alkyl halides is 4. The Bertz CT molecular complexity index is 6790. The lowest BCUT2D eigenvalue weighted by molar-refractivity contribution is -0.0598. The average Bonchev–Trinajstić information content (AvgIpc) is 1.60. The number of thiol groups is 1. The Balaban J connectivity index is 0.000000129. The highest BCUT2D eigenvalue weighted by Gasteiger charge is 2.57. The standard InChI is InChI=1S/C21H23F2N9O9P2S2.2C21H24FN9O9P2S2/c22-10-8-3-36-42(34,44)40-13-9(39-19(11(13)23)31-2-1-7-15(24)26-5-27-16(7)31)4-37-43(35,45)41-14(10)20(38-8)32-6-28-12-17(32)29-21(25)30-18(12)33;2*22-12-14-11(38-20(12)30-2-1-9-15(23)25-6-26-16(9)30)5-36-41(33,43)39-10-3-8(4-35-42(34,44)40-14)37-19(10)31-7-27-13-17(31)28-21(24)29-18(13)32/h1-2,5-6,8-11,13-14,19-20H,3-4H2,(H,34,44)(H,35,45)(H2,24,26,27)(H3,25,29,30,33);2*1-2,6-8,10-12,14,19-20H,3-5H2,(H,33,43)(H,34,44)(H2,23,25,26)(H3,24,28,29,32)/t8-,9-,10+,11+,13-,14-,19-,20-,42?,43?;2*8-,10+,11+,12-,14+,19+,20+,41?,42?/m100/s1. The molecule has 6 bridgehead atoms. The van der Waals surface area contributed by atoms with Crippen LogP contribution in [0.1, 0.15) is 50.2 Å². The summed E-state index contributed by atoms with van der Waals surface area (Å²) in [7, 11) is 0. The lowest BCUT2D eigenvalue weighted by atomic mass is 10.1. The molecule has 21 heterocycles. The van der Waals surface area contributed by atoms with E-state index in [0.717, 1.165) is 10.9 Å². The molecule has 6 unspecified atom stereocenters. The first-order chi connectivity index (χ1) is 63.1. The fourth-order valence-electron chi connectivity index (χ4n) is 16.2. The molecule has 9 aliphatic rings. The molecular formula is C63H71F4N27O27P6S6. The van der Waals surface area contributed by atoms with Crippen molar-refractivity contribution in [1.82, 2.24) is 102 Å². The van der Waals surface area contributed by atoms with Crippen molar-refractivity contribution in [2.24, 2.45) is 0 Å². The number of fused-ring (bicyclic) bond motifs is 15. The Hall–Kier alpha value is -7.66. The van der Waals surface area contributed by atoms with Crippen LogP contribution < -0.4 is 51.1 Å². The number of nitrogens with one attached hydrogen (secondary N) is 3. The van der Waals surface area contributed by atoms with Crippen LogP contribution in [0.5, 0.6) is 0 Å². The van der Waals surface area contributed by atoms with E-state index >= 15 is 17.6 Å². The van der Waals surface area contributed by atoms with Gasteiger partial charge in [0.15, 0.2) is 95.5 Å². The number of imidazole rings is 3. The van der Waals surface area contributed by atoms with Crippen LogP contribution in [0.25, 0.3) is 66.6 Å². The number of hydrogen-bond donors (Lipinski definition) is 15. The van der Waals surface area contributed by atoms with Gasteiger partial charge in [0.1, 0.15) is 114 Å². The molecule has 0 aliphatic carbocycles. The SMILES string of the molecule is Nc1nc2c(ncn2[C@@H]2O[C@@H]3COP(O)(=S)O[C@H]4[C@H](F)[C@H](n5ccc6c(N)ncnc65)O[C@@H]4COP(=O)(S)O[C@@H]2C3)c(=O)[nH]1.Nc1nc2c(ncn2[C@@H]2O[C@@H]3COP(O)(=S)O[C@H]4[C@H](F)[C@H](n5ccc6c(N)ncnc65)O[C@@H]4COP(O)(=S)O[C@@H]2C3)c(=O)[nH]1.Nc1nc2c(ncn2[C@@H]2O[C@@H]3COP(O)(=S)O[C@H]4[C@H](F)[C@H](n5ccc6c(N)ncnc65)O[C@@H]4COP(O)(=S)O[C@@H]2[C@H]3F)c(=O)[nH]1. The van der Waals surface area contributed by atoms with Crippen LogP contribution >= 0.6 is 52.6 Å². The molecule has 9 saturated heterocycles. The van der Waals surface area contributed by atoms with Crippen molar-refractivity contribution in [3.05, 3.63) is 106 Å².